The van der Waals surface area contributed by atoms with Crippen molar-refractivity contribution in [1.82, 2.24) is 19.3 Å². The number of carbonyl (C=O) groups is 2. The average molecular weight is 669 g/mol. The van der Waals surface area contributed by atoms with E-state index in [1.165, 1.54) is 6.08 Å². The Morgan fingerprint density at radius 3 is 2.69 bits per heavy atom. The van der Waals surface area contributed by atoms with Crippen LogP contribution in [0.4, 0.5) is 20.2 Å². The molecular weight excluding hydrogens is 630 g/mol. The molecule has 2 aromatic carbocycles. The second-order valence-electron chi connectivity index (χ2n) is 12.6. The number of imidazole rings is 1. The van der Waals surface area contributed by atoms with Crippen molar-refractivity contribution in [3.8, 4) is 16.9 Å². The van der Waals surface area contributed by atoms with Gasteiger partial charge in [-0.1, -0.05) is 12.1 Å². The van der Waals surface area contributed by atoms with Gasteiger partial charge in [0.1, 0.15) is 34.4 Å². The number of ether oxygens (including phenoxy) is 2. The molecule has 0 radical (unpaired) electrons. The molecule has 1 fully saturated rings. The molecule has 5 heterocycles. The molecule has 12 heteroatoms. The molecule has 254 valence electrons. The molecule has 7 rings (SSSR count). The Labute approximate surface area is 282 Å². The number of carbonyl (C=O) groups excluding carboxylic acids is 2. The first-order valence-electron chi connectivity index (χ1n) is 16.4. The van der Waals surface area contributed by atoms with E-state index in [1.807, 2.05) is 43.8 Å². The number of hydrogen-bond donors (Lipinski definition) is 2. The van der Waals surface area contributed by atoms with Crippen LogP contribution in [-0.4, -0.2) is 72.1 Å². The zero-order valence-electron chi connectivity index (χ0n) is 27.9. The summed E-state index contributed by atoms with van der Waals surface area (Å²) in [6.07, 6.45) is 7.15. The van der Waals surface area contributed by atoms with Crippen LogP contribution in [-0.2, 0) is 23.0 Å². The smallest absolute Gasteiger partial charge is 0.248 e. The Kier molecular flexibility index (Phi) is 8.68. The van der Waals surface area contributed by atoms with Crippen LogP contribution in [0.25, 0.3) is 27.7 Å². The minimum atomic E-state index is -1.04. The van der Waals surface area contributed by atoms with Gasteiger partial charge in [0.2, 0.25) is 11.7 Å². The Morgan fingerprint density at radius 2 is 1.96 bits per heavy atom. The standard InChI is InChI=1S/C37H38F2N6O4/c1-21-41-34-28(44(21)3)19-30(48-4)32-25-9-6-13-45-29(18-22(35(25)45)11-14-43(2)36(32)34)37(47)23-16-26(38)33(27(39)17-23)42-31(46)10-5-12-40-24-8-7-15-49-20-24/h5-6,9-10,13,16-19,24,40H,7-8,11-12,14-15,20H2,1-4H3,(H,42,46)/b10-5+/t24-/m1/s1. The van der Waals surface area contributed by atoms with Gasteiger partial charge in [0.05, 0.1) is 41.7 Å². The Bertz CT molecular complexity index is 2120. The zero-order valence-corrected chi connectivity index (χ0v) is 27.9. The third kappa shape index (κ3) is 5.84. The van der Waals surface area contributed by atoms with Crippen molar-refractivity contribution >= 4 is 39.6 Å². The number of pyridine rings is 1. The van der Waals surface area contributed by atoms with Gasteiger partial charge in [0.15, 0.2) is 0 Å². The first-order chi connectivity index (χ1) is 23.7. The molecule has 5 aromatic rings. The van der Waals surface area contributed by atoms with Crippen molar-refractivity contribution in [3.63, 3.8) is 0 Å². The highest BCUT2D eigenvalue weighted by molar-refractivity contribution is 6.11. The first-order valence-corrected chi connectivity index (χ1v) is 16.4. The number of benzene rings is 2. The van der Waals surface area contributed by atoms with Crippen LogP contribution in [0.2, 0.25) is 0 Å². The third-order valence-corrected chi connectivity index (χ3v) is 9.53. The van der Waals surface area contributed by atoms with E-state index in [0.29, 0.717) is 31.9 Å². The summed E-state index contributed by atoms with van der Waals surface area (Å²) in [5.41, 5.74) is 5.64. The molecule has 49 heavy (non-hydrogen) atoms. The van der Waals surface area contributed by atoms with E-state index in [1.54, 1.807) is 29.8 Å². The Balaban J connectivity index is 1.21. The number of amides is 1. The highest BCUT2D eigenvalue weighted by Gasteiger charge is 2.29. The predicted molar refractivity (Wildman–Crippen MR) is 185 cm³/mol. The van der Waals surface area contributed by atoms with E-state index < -0.39 is 29.0 Å². The molecule has 3 aromatic heterocycles. The summed E-state index contributed by atoms with van der Waals surface area (Å²) < 4.78 is 45.8. The van der Waals surface area contributed by atoms with Crippen LogP contribution in [0, 0.1) is 18.6 Å². The number of halogens is 2. The van der Waals surface area contributed by atoms with Gasteiger partial charge < -0.3 is 34.0 Å². The van der Waals surface area contributed by atoms with Crippen LogP contribution >= 0.6 is 0 Å². The normalized spacial score (nSPS) is 16.2. The fourth-order valence-corrected chi connectivity index (χ4v) is 6.94. The van der Waals surface area contributed by atoms with Gasteiger partial charge in [-0.15, -0.1) is 0 Å². The van der Waals surface area contributed by atoms with Crippen molar-refractivity contribution in [2.75, 3.05) is 50.7 Å². The molecule has 1 atom stereocenters. The van der Waals surface area contributed by atoms with E-state index in [9.17, 15) is 9.59 Å². The van der Waals surface area contributed by atoms with Crippen LogP contribution in [0.1, 0.15) is 40.3 Å². The van der Waals surface area contributed by atoms with Crippen molar-refractivity contribution in [3.05, 3.63) is 89.0 Å². The maximum Gasteiger partial charge on any atom is 0.248 e. The second kappa shape index (κ2) is 13.1. The Hall–Kier alpha value is -5.07. The monoisotopic (exact) mass is 668 g/mol. The molecule has 2 N–H and O–H groups in total. The lowest BCUT2D eigenvalue weighted by atomic mass is 9.96. The number of nitrogens with one attached hydrogen (secondary N) is 2. The minimum absolute atomic E-state index is 0.172. The summed E-state index contributed by atoms with van der Waals surface area (Å²) in [7, 11) is 5.62. The first kappa shape index (κ1) is 32.5. The maximum atomic E-state index is 15.3. The number of ketones is 1. The maximum absolute atomic E-state index is 15.3. The number of rotatable bonds is 8. The van der Waals surface area contributed by atoms with E-state index in [2.05, 4.69) is 15.5 Å². The van der Waals surface area contributed by atoms with Gasteiger partial charge in [-0.3, -0.25) is 9.59 Å². The van der Waals surface area contributed by atoms with Crippen LogP contribution in [0.5, 0.6) is 5.75 Å². The quantitative estimate of drug-likeness (QED) is 0.165. The molecule has 0 saturated carbocycles. The molecular formula is C37H38F2N6O4. The van der Waals surface area contributed by atoms with Crippen molar-refractivity contribution in [2.45, 2.75) is 32.2 Å². The molecule has 1 amide bonds. The molecule has 2 aliphatic rings. The van der Waals surface area contributed by atoms with E-state index in [0.717, 1.165) is 76.3 Å². The minimum Gasteiger partial charge on any atom is -0.496 e. The second-order valence-corrected chi connectivity index (χ2v) is 12.6. The Morgan fingerprint density at radius 1 is 1.16 bits per heavy atom. The molecule has 0 aliphatic carbocycles. The summed E-state index contributed by atoms with van der Waals surface area (Å²) in [6, 6.07) is 9.73. The summed E-state index contributed by atoms with van der Waals surface area (Å²) >= 11 is 0. The summed E-state index contributed by atoms with van der Waals surface area (Å²) in [6.45, 7) is 4.36. The number of hydrogen-bond acceptors (Lipinski definition) is 7. The molecule has 0 bridgehead atoms. The fraction of sp³-hybridized carbons (Fsp3) is 0.324. The SMILES string of the molecule is COc1cc2c(nc(C)n2C)c2c1-c1cccn3c(C(=O)c4cc(F)c(NC(=O)/C=C/CN[C@@H]5CCCOC5)c(F)c4)cc(c13)CCN2C. The number of likely N-dealkylation sites (N-methyl/N-ethyl adjacent to an activating group) is 1. The number of methoxy groups -OCH3 is 1. The van der Waals surface area contributed by atoms with Gasteiger partial charge in [0, 0.05) is 69.3 Å². The molecule has 1 saturated heterocycles. The lowest BCUT2D eigenvalue weighted by molar-refractivity contribution is -0.112. The number of nitrogens with zero attached hydrogens (tertiary/aromatic N) is 4. The lowest BCUT2D eigenvalue weighted by Crippen LogP contribution is -2.36. The summed E-state index contributed by atoms with van der Waals surface area (Å²) in [5, 5.41) is 5.53. The van der Waals surface area contributed by atoms with Crippen molar-refractivity contribution in [1.29, 1.82) is 0 Å². The summed E-state index contributed by atoms with van der Waals surface area (Å²) in [5.74, 6) is -1.79. The largest absolute Gasteiger partial charge is 0.496 e. The number of anilines is 2. The molecule has 2 aliphatic heterocycles. The fourth-order valence-electron chi connectivity index (χ4n) is 6.94. The lowest BCUT2D eigenvalue weighted by Gasteiger charge is -2.27. The van der Waals surface area contributed by atoms with Gasteiger partial charge in [-0.25, -0.2) is 13.8 Å². The predicted octanol–water partition coefficient (Wildman–Crippen LogP) is 5.57. The molecule has 0 unspecified atom stereocenters. The number of fused-ring (bicyclic) bond motifs is 4. The zero-order chi connectivity index (χ0) is 34.4. The van der Waals surface area contributed by atoms with Crippen LogP contribution < -0.4 is 20.3 Å². The van der Waals surface area contributed by atoms with Gasteiger partial charge >= 0.3 is 0 Å². The van der Waals surface area contributed by atoms with Crippen molar-refractivity contribution < 1.29 is 27.8 Å². The van der Waals surface area contributed by atoms with Crippen molar-refractivity contribution in [2.24, 2.45) is 7.05 Å². The highest BCUT2D eigenvalue weighted by atomic mass is 19.1. The third-order valence-electron chi connectivity index (χ3n) is 9.53. The van der Waals surface area contributed by atoms with Crippen LogP contribution in [0.15, 0.2) is 54.7 Å². The van der Waals surface area contributed by atoms with E-state index in [4.69, 9.17) is 14.5 Å². The number of aryl methyl sites for hydroxylation is 2. The molecule has 0 spiro atoms. The van der Waals surface area contributed by atoms with E-state index in [-0.39, 0.29) is 17.3 Å². The number of aromatic nitrogens is 3. The van der Waals surface area contributed by atoms with Gasteiger partial charge in [0.25, 0.3) is 0 Å². The molecule has 10 nitrogen and oxygen atoms in total. The van der Waals surface area contributed by atoms with Gasteiger partial charge in [-0.05, 0) is 56.0 Å². The topological polar surface area (TPSA) is 102 Å². The summed E-state index contributed by atoms with van der Waals surface area (Å²) in [4.78, 5) is 33.5. The van der Waals surface area contributed by atoms with Gasteiger partial charge in [-0.2, -0.15) is 0 Å². The van der Waals surface area contributed by atoms with Crippen LogP contribution in [0.3, 0.4) is 0 Å². The average Bonchev–Trinajstić information content (AvgIpc) is 3.61. The highest BCUT2D eigenvalue weighted by Crippen LogP contribution is 2.47. The van der Waals surface area contributed by atoms with E-state index >= 15 is 8.78 Å².